The maximum absolute atomic E-state index is 5.46. The summed E-state index contributed by atoms with van der Waals surface area (Å²) in [4.78, 5) is 0. The second-order valence-corrected chi connectivity index (χ2v) is 2.97. The third-order valence-electron chi connectivity index (χ3n) is 1.95. The molecule has 1 fully saturated rings. The van der Waals surface area contributed by atoms with Gasteiger partial charge in [-0.25, -0.2) is 0 Å². The first-order valence-corrected chi connectivity index (χ1v) is 4.73. The zero-order valence-corrected chi connectivity index (χ0v) is 8.10. The summed E-state index contributed by atoms with van der Waals surface area (Å²) in [6, 6.07) is 9.75. The van der Waals surface area contributed by atoms with Crippen molar-refractivity contribution in [2.45, 2.75) is 13.2 Å². The Kier molecular flexibility index (Phi) is 3.14. The van der Waals surface area contributed by atoms with Crippen molar-refractivity contribution in [3.8, 4) is 0 Å². The van der Waals surface area contributed by atoms with E-state index in [4.69, 9.17) is 14.2 Å². The third kappa shape index (κ3) is 2.12. The Morgan fingerprint density at radius 3 is 2.86 bits per heavy atom. The topological polar surface area (TPSA) is 27.7 Å². The van der Waals surface area contributed by atoms with Gasteiger partial charge in [-0.3, -0.25) is 0 Å². The van der Waals surface area contributed by atoms with Crippen molar-refractivity contribution in [1.82, 2.24) is 0 Å². The van der Waals surface area contributed by atoms with Gasteiger partial charge in [-0.1, -0.05) is 30.3 Å². The molecule has 0 aliphatic carbocycles. The molecule has 1 atom stereocenters. The zero-order chi connectivity index (χ0) is 9.80. The highest BCUT2D eigenvalue weighted by molar-refractivity contribution is 5.24. The van der Waals surface area contributed by atoms with Gasteiger partial charge in [0.2, 0.25) is 0 Å². The number of ether oxygens (including phenoxy) is 3. The summed E-state index contributed by atoms with van der Waals surface area (Å²) in [6.07, 6.45) is 0.305. The molecule has 1 aromatic carbocycles. The Morgan fingerprint density at radius 2 is 2.14 bits per heavy atom. The molecule has 0 spiro atoms. The molecule has 1 aliphatic rings. The molecule has 0 bridgehead atoms. The maximum Gasteiger partial charge on any atom is 0.258 e. The molecule has 2 rings (SSSR count). The molecule has 1 heterocycles. The van der Waals surface area contributed by atoms with Crippen molar-refractivity contribution in [1.29, 1.82) is 0 Å². The van der Waals surface area contributed by atoms with Crippen LogP contribution >= 0.6 is 0 Å². The predicted octanol–water partition coefficient (Wildman–Crippen LogP) is 1.93. The minimum atomic E-state index is -0.254. The summed E-state index contributed by atoms with van der Waals surface area (Å²) in [5.41, 5.74) is 0.953. The normalized spacial score (nSPS) is 22.8. The van der Waals surface area contributed by atoms with Gasteiger partial charge < -0.3 is 14.2 Å². The maximum atomic E-state index is 5.46. The zero-order valence-electron chi connectivity index (χ0n) is 8.10. The SMILES string of the molecule is CCOC1CO[C](c2ccccc2)O1. The highest BCUT2D eigenvalue weighted by Crippen LogP contribution is 2.25. The van der Waals surface area contributed by atoms with Crippen molar-refractivity contribution in [3.63, 3.8) is 0 Å². The molecule has 1 aliphatic heterocycles. The lowest BCUT2D eigenvalue weighted by Crippen LogP contribution is -2.14. The largest absolute Gasteiger partial charge is 0.350 e. The molecular weight excluding hydrogens is 180 g/mol. The van der Waals surface area contributed by atoms with E-state index in [0.29, 0.717) is 19.5 Å². The van der Waals surface area contributed by atoms with Crippen molar-refractivity contribution in [2.24, 2.45) is 0 Å². The minimum absolute atomic E-state index is 0.254. The van der Waals surface area contributed by atoms with E-state index in [9.17, 15) is 0 Å². The molecule has 1 aromatic rings. The second kappa shape index (κ2) is 4.55. The van der Waals surface area contributed by atoms with Crippen LogP contribution in [0, 0.1) is 6.29 Å². The van der Waals surface area contributed by atoms with Crippen molar-refractivity contribution in [2.75, 3.05) is 13.2 Å². The Labute approximate surface area is 83.6 Å². The number of benzene rings is 1. The third-order valence-corrected chi connectivity index (χ3v) is 1.95. The van der Waals surface area contributed by atoms with Gasteiger partial charge in [0, 0.05) is 12.2 Å². The summed E-state index contributed by atoms with van der Waals surface area (Å²) < 4.78 is 16.1. The summed E-state index contributed by atoms with van der Waals surface area (Å²) >= 11 is 0. The van der Waals surface area contributed by atoms with Crippen LogP contribution in [0.15, 0.2) is 30.3 Å². The van der Waals surface area contributed by atoms with Crippen molar-refractivity contribution < 1.29 is 14.2 Å². The highest BCUT2D eigenvalue weighted by Gasteiger charge is 2.29. The van der Waals surface area contributed by atoms with E-state index < -0.39 is 0 Å². The van der Waals surface area contributed by atoms with Crippen molar-refractivity contribution >= 4 is 0 Å². The number of hydrogen-bond donors (Lipinski definition) is 0. The van der Waals surface area contributed by atoms with Crippen LogP contribution in [-0.4, -0.2) is 19.5 Å². The van der Waals surface area contributed by atoms with E-state index in [0.717, 1.165) is 5.56 Å². The highest BCUT2D eigenvalue weighted by atomic mass is 16.8. The van der Waals surface area contributed by atoms with Crippen LogP contribution in [0.3, 0.4) is 0 Å². The lowest BCUT2D eigenvalue weighted by atomic mass is 10.2. The Morgan fingerprint density at radius 1 is 1.36 bits per heavy atom. The monoisotopic (exact) mass is 193 g/mol. The Bertz CT molecular complexity index is 273. The first-order valence-electron chi connectivity index (χ1n) is 4.73. The molecule has 0 N–H and O–H groups in total. The van der Waals surface area contributed by atoms with Crippen molar-refractivity contribution in [3.05, 3.63) is 42.2 Å². The van der Waals surface area contributed by atoms with E-state index in [1.807, 2.05) is 37.3 Å². The number of rotatable bonds is 3. The van der Waals surface area contributed by atoms with Gasteiger partial charge in [-0.2, -0.15) is 0 Å². The molecule has 14 heavy (non-hydrogen) atoms. The lowest BCUT2D eigenvalue weighted by Gasteiger charge is -2.09. The van der Waals surface area contributed by atoms with Crippen LogP contribution < -0.4 is 0 Å². The van der Waals surface area contributed by atoms with Gasteiger partial charge in [0.15, 0.2) is 6.29 Å². The van der Waals surface area contributed by atoms with Crippen LogP contribution in [0.2, 0.25) is 0 Å². The van der Waals surface area contributed by atoms with Crippen LogP contribution in [-0.2, 0) is 14.2 Å². The molecular formula is C11H13O3. The predicted molar refractivity (Wildman–Crippen MR) is 51.2 cm³/mol. The summed E-state index contributed by atoms with van der Waals surface area (Å²) in [5.74, 6) is 0. The molecule has 1 radical (unpaired) electrons. The molecule has 0 saturated carbocycles. The van der Waals surface area contributed by atoms with E-state index in [-0.39, 0.29) is 6.29 Å². The molecule has 1 unspecified atom stereocenters. The molecule has 3 nitrogen and oxygen atoms in total. The van der Waals surface area contributed by atoms with Gasteiger partial charge in [-0.05, 0) is 6.92 Å². The van der Waals surface area contributed by atoms with Gasteiger partial charge >= 0.3 is 0 Å². The Balaban J connectivity index is 1.96. The summed E-state index contributed by atoms with van der Waals surface area (Å²) in [7, 11) is 0. The summed E-state index contributed by atoms with van der Waals surface area (Å²) in [5, 5.41) is 0. The smallest absolute Gasteiger partial charge is 0.258 e. The fourth-order valence-corrected chi connectivity index (χ4v) is 1.32. The fourth-order valence-electron chi connectivity index (χ4n) is 1.32. The molecule has 0 aromatic heterocycles. The minimum Gasteiger partial charge on any atom is -0.350 e. The standard InChI is InChI=1S/C11H13O3/c1-2-12-10-8-13-11(14-10)9-6-4-3-5-7-9/h3-7,10H,2,8H2,1H3. The Hall–Kier alpha value is -0.900. The van der Waals surface area contributed by atoms with Gasteiger partial charge in [0.1, 0.15) is 6.61 Å². The molecule has 75 valence electrons. The van der Waals surface area contributed by atoms with Gasteiger partial charge in [0.05, 0.1) is 0 Å². The molecule has 1 saturated heterocycles. The second-order valence-electron chi connectivity index (χ2n) is 2.97. The average molecular weight is 193 g/mol. The number of hydrogen-bond acceptors (Lipinski definition) is 3. The lowest BCUT2D eigenvalue weighted by molar-refractivity contribution is -0.0936. The fraction of sp³-hybridized carbons (Fsp3) is 0.364. The van der Waals surface area contributed by atoms with E-state index in [2.05, 4.69) is 0 Å². The summed E-state index contributed by atoms with van der Waals surface area (Å²) in [6.45, 7) is 3.04. The first kappa shape index (κ1) is 9.65. The van der Waals surface area contributed by atoms with Gasteiger partial charge in [-0.15, -0.1) is 0 Å². The van der Waals surface area contributed by atoms with Gasteiger partial charge in [0.25, 0.3) is 6.29 Å². The first-order chi connectivity index (χ1) is 6.90. The van der Waals surface area contributed by atoms with E-state index >= 15 is 0 Å². The van der Waals surface area contributed by atoms with Crippen LogP contribution in [0.5, 0.6) is 0 Å². The van der Waals surface area contributed by atoms with E-state index in [1.54, 1.807) is 0 Å². The molecule has 0 amide bonds. The average Bonchev–Trinajstić information content (AvgIpc) is 2.68. The van der Waals surface area contributed by atoms with Crippen LogP contribution in [0.4, 0.5) is 0 Å². The van der Waals surface area contributed by atoms with E-state index in [1.165, 1.54) is 0 Å². The quantitative estimate of drug-likeness (QED) is 0.734. The van der Waals surface area contributed by atoms with Crippen LogP contribution in [0.1, 0.15) is 12.5 Å². The van der Waals surface area contributed by atoms with Crippen LogP contribution in [0.25, 0.3) is 0 Å². The molecule has 3 heteroatoms.